The van der Waals surface area contributed by atoms with Gasteiger partial charge in [0.25, 0.3) is 5.56 Å². The molecule has 0 fully saturated rings. The molecule has 0 aliphatic rings. The Bertz CT molecular complexity index is 1260. The SMILES string of the molecule is O=C(OCC=Cc1ccccc1)c1ccccc1Cc1nc2ccccc2c(=O)[nH]1. The smallest absolute Gasteiger partial charge is 0.338 e. The van der Waals surface area contributed by atoms with Gasteiger partial charge in [0.2, 0.25) is 0 Å². The normalized spacial score (nSPS) is 11.1. The molecule has 0 amide bonds. The number of carbonyl (C=O) groups is 1. The first kappa shape index (κ1) is 19.3. The van der Waals surface area contributed by atoms with Crippen molar-refractivity contribution in [1.82, 2.24) is 9.97 Å². The molecule has 3 aromatic carbocycles. The van der Waals surface area contributed by atoms with Crippen molar-refractivity contribution in [3.8, 4) is 0 Å². The Balaban J connectivity index is 1.49. The molecule has 5 heteroatoms. The second-order valence-electron chi connectivity index (χ2n) is 6.78. The quantitative estimate of drug-likeness (QED) is 0.491. The second-order valence-corrected chi connectivity index (χ2v) is 6.78. The highest BCUT2D eigenvalue weighted by molar-refractivity contribution is 5.91. The summed E-state index contributed by atoms with van der Waals surface area (Å²) < 4.78 is 5.40. The molecule has 1 N–H and O–H groups in total. The molecule has 4 aromatic rings. The number of aromatic amines is 1. The Morgan fingerprint density at radius 2 is 1.67 bits per heavy atom. The molecule has 0 spiro atoms. The van der Waals surface area contributed by atoms with Crippen LogP contribution in [0.5, 0.6) is 0 Å². The first-order chi connectivity index (χ1) is 14.7. The summed E-state index contributed by atoms with van der Waals surface area (Å²) in [6.45, 7) is 0.174. The number of fused-ring (bicyclic) bond motifs is 1. The lowest BCUT2D eigenvalue weighted by molar-refractivity contribution is 0.0549. The van der Waals surface area contributed by atoms with Crippen LogP contribution in [0.2, 0.25) is 0 Å². The largest absolute Gasteiger partial charge is 0.458 e. The van der Waals surface area contributed by atoms with Gasteiger partial charge in [0, 0.05) is 6.42 Å². The lowest BCUT2D eigenvalue weighted by Crippen LogP contribution is -2.14. The summed E-state index contributed by atoms with van der Waals surface area (Å²) in [6, 6.07) is 24.2. The third kappa shape index (κ3) is 4.52. The zero-order valence-electron chi connectivity index (χ0n) is 16.2. The van der Waals surface area contributed by atoms with Crippen molar-refractivity contribution in [2.75, 3.05) is 6.61 Å². The van der Waals surface area contributed by atoms with Gasteiger partial charge in [-0.15, -0.1) is 0 Å². The Morgan fingerprint density at radius 3 is 2.53 bits per heavy atom. The molecule has 1 aromatic heterocycles. The van der Waals surface area contributed by atoms with E-state index in [-0.39, 0.29) is 12.2 Å². The third-order valence-corrected chi connectivity index (χ3v) is 4.68. The first-order valence-corrected chi connectivity index (χ1v) is 9.65. The Hall–Kier alpha value is -3.99. The maximum atomic E-state index is 12.6. The van der Waals surface area contributed by atoms with Crippen LogP contribution < -0.4 is 5.56 Å². The molecule has 1 heterocycles. The van der Waals surface area contributed by atoms with Crippen LogP contribution in [0.1, 0.15) is 27.3 Å². The summed E-state index contributed by atoms with van der Waals surface area (Å²) >= 11 is 0. The van der Waals surface area contributed by atoms with E-state index in [0.717, 1.165) is 11.1 Å². The summed E-state index contributed by atoms with van der Waals surface area (Å²) in [6.07, 6.45) is 4.03. The Morgan fingerprint density at radius 1 is 0.933 bits per heavy atom. The maximum Gasteiger partial charge on any atom is 0.338 e. The topological polar surface area (TPSA) is 72.0 Å². The minimum atomic E-state index is -0.411. The van der Waals surface area contributed by atoms with Gasteiger partial charge in [0.05, 0.1) is 16.5 Å². The van der Waals surface area contributed by atoms with E-state index < -0.39 is 5.97 Å². The molecule has 0 radical (unpaired) electrons. The van der Waals surface area contributed by atoms with Gasteiger partial charge in [0.15, 0.2) is 0 Å². The van der Waals surface area contributed by atoms with Crippen molar-refractivity contribution in [2.24, 2.45) is 0 Å². The van der Waals surface area contributed by atoms with Crippen LogP contribution in [0.4, 0.5) is 0 Å². The van der Waals surface area contributed by atoms with Gasteiger partial charge >= 0.3 is 5.97 Å². The van der Waals surface area contributed by atoms with Gasteiger partial charge in [-0.3, -0.25) is 4.79 Å². The zero-order valence-corrected chi connectivity index (χ0v) is 16.2. The van der Waals surface area contributed by atoms with Crippen LogP contribution in [-0.2, 0) is 11.2 Å². The lowest BCUT2D eigenvalue weighted by Gasteiger charge is -2.09. The summed E-state index contributed by atoms with van der Waals surface area (Å²) in [4.78, 5) is 32.2. The number of aromatic nitrogens is 2. The second kappa shape index (κ2) is 9.01. The molecule has 0 saturated carbocycles. The van der Waals surface area contributed by atoms with E-state index in [1.165, 1.54) is 0 Å². The van der Waals surface area contributed by atoms with Gasteiger partial charge in [0.1, 0.15) is 12.4 Å². The molecule has 0 atom stereocenters. The Labute approximate surface area is 173 Å². The van der Waals surface area contributed by atoms with E-state index >= 15 is 0 Å². The number of H-pyrrole nitrogens is 1. The molecule has 5 nitrogen and oxygen atoms in total. The van der Waals surface area contributed by atoms with Crippen LogP contribution in [-0.4, -0.2) is 22.5 Å². The van der Waals surface area contributed by atoms with E-state index in [0.29, 0.717) is 28.7 Å². The highest BCUT2D eigenvalue weighted by Gasteiger charge is 2.14. The number of benzene rings is 3. The predicted molar refractivity (Wildman–Crippen MR) is 117 cm³/mol. The fraction of sp³-hybridized carbons (Fsp3) is 0.0800. The molecular formula is C25H20N2O3. The highest BCUT2D eigenvalue weighted by atomic mass is 16.5. The van der Waals surface area contributed by atoms with Crippen LogP contribution in [0.25, 0.3) is 17.0 Å². The standard InChI is InChI=1S/C25H20N2O3/c28-24-21-14-6-7-15-22(21)26-23(27-24)17-19-12-4-5-13-20(19)25(29)30-16-8-11-18-9-2-1-3-10-18/h1-15H,16-17H2,(H,26,27,28). The number of ether oxygens (including phenoxy) is 1. The summed E-state index contributed by atoms with van der Waals surface area (Å²) in [7, 11) is 0. The average molecular weight is 396 g/mol. The lowest BCUT2D eigenvalue weighted by atomic mass is 10.0. The zero-order chi connectivity index (χ0) is 20.8. The van der Waals surface area contributed by atoms with Crippen molar-refractivity contribution in [2.45, 2.75) is 6.42 Å². The van der Waals surface area contributed by atoms with Crippen LogP contribution in [0, 0.1) is 0 Å². The first-order valence-electron chi connectivity index (χ1n) is 9.65. The maximum absolute atomic E-state index is 12.6. The molecule has 0 aliphatic heterocycles. The predicted octanol–water partition coefficient (Wildman–Crippen LogP) is 4.38. The minimum Gasteiger partial charge on any atom is -0.458 e. The number of hydrogen-bond donors (Lipinski definition) is 1. The summed E-state index contributed by atoms with van der Waals surface area (Å²) in [5.41, 5.74) is 2.68. The third-order valence-electron chi connectivity index (χ3n) is 4.68. The summed E-state index contributed by atoms with van der Waals surface area (Å²) in [5, 5.41) is 0.541. The van der Waals surface area contributed by atoms with Gasteiger partial charge in [-0.05, 0) is 35.4 Å². The molecule has 148 valence electrons. The van der Waals surface area contributed by atoms with Gasteiger partial charge in [-0.2, -0.15) is 0 Å². The molecule has 0 unspecified atom stereocenters. The molecular weight excluding hydrogens is 376 g/mol. The molecule has 4 rings (SSSR count). The van der Waals surface area contributed by atoms with Gasteiger partial charge < -0.3 is 9.72 Å². The highest BCUT2D eigenvalue weighted by Crippen LogP contribution is 2.15. The van der Waals surface area contributed by atoms with Crippen LogP contribution in [0.15, 0.2) is 89.7 Å². The summed E-state index contributed by atoms with van der Waals surface area (Å²) in [5.74, 6) is 0.0920. The van der Waals surface area contributed by atoms with Crippen molar-refractivity contribution in [1.29, 1.82) is 0 Å². The van der Waals surface area contributed by atoms with E-state index in [1.54, 1.807) is 36.4 Å². The van der Waals surface area contributed by atoms with Crippen molar-refractivity contribution in [3.05, 3.63) is 118 Å². The molecule has 30 heavy (non-hydrogen) atoms. The van der Waals surface area contributed by atoms with Gasteiger partial charge in [-0.1, -0.05) is 66.7 Å². The number of rotatable bonds is 6. The van der Waals surface area contributed by atoms with E-state index in [2.05, 4.69) is 9.97 Å². The van der Waals surface area contributed by atoms with Gasteiger partial charge in [-0.25, -0.2) is 9.78 Å². The molecule has 0 aliphatic carbocycles. The Kier molecular flexibility index (Phi) is 5.80. The van der Waals surface area contributed by atoms with E-state index in [1.807, 2.05) is 54.6 Å². The van der Waals surface area contributed by atoms with Crippen molar-refractivity contribution >= 4 is 22.9 Å². The van der Waals surface area contributed by atoms with E-state index in [9.17, 15) is 9.59 Å². The number of carbonyl (C=O) groups excluding carboxylic acids is 1. The monoisotopic (exact) mass is 396 g/mol. The number of esters is 1. The molecule has 0 bridgehead atoms. The number of nitrogens with zero attached hydrogens (tertiary/aromatic N) is 1. The average Bonchev–Trinajstić information content (AvgIpc) is 2.78. The number of para-hydroxylation sites is 1. The minimum absolute atomic E-state index is 0.174. The van der Waals surface area contributed by atoms with Crippen LogP contribution >= 0.6 is 0 Å². The fourth-order valence-electron chi connectivity index (χ4n) is 3.22. The van der Waals surface area contributed by atoms with Crippen LogP contribution in [0.3, 0.4) is 0 Å². The van der Waals surface area contributed by atoms with Crippen molar-refractivity contribution in [3.63, 3.8) is 0 Å². The number of nitrogens with one attached hydrogen (secondary N) is 1. The van der Waals surface area contributed by atoms with E-state index in [4.69, 9.17) is 4.74 Å². The molecule has 0 saturated heterocycles. The number of hydrogen-bond acceptors (Lipinski definition) is 4. The fourth-order valence-corrected chi connectivity index (χ4v) is 3.22. The van der Waals surface area contributed by atoms with Crippen molar-refractivity contribution < 1.29 is 9.53 Å².